The first-order valence-corrected chi connectivity index (χ1v) is 6.55. The van der Waals surface area contributed by atoms with E-state index in [1.807, 2.05) is 17.9 Å². The molecule has 0 aliphatic heterocycles. The van der Waals surface area contributed by atoms with Gasteiger partial charge in [0.1, 0.15) is 0 Å². The molecule has 1 heterocycles. The van der Waals surface area contributed by atoms with Gasteiger partial charge in [0.2, 0.25) is 0 Å². The van der Waals surface area contributed by atoms with Crippen LogP contribution in [0.4, 0.5) is 0 Å². The van der Waals surface area contributed by atoms with E-state index in [1.54, 1.807) is 0 Å². The zero-order chi connectivity index (χ0) is 12.8. The van der Waals surface area contributed by atoms with Crippen molar-refractivity contribution in [1.29, 1.82) is 0 Å². The van der Waals surface area contributed by atoms with Crippen molar-refractivity contribution in [3.63, 3.8) is 0 Å². The Morgan fingerprint density at radius 2 is 1.94 bits per heavy atom. The van der Waals surface area contributed by atoms with Gasteiger partial charge in [-0.3, -0.25) is 4.68 Å². The highest BCUT2D eigenvalue weighted by Crippen LogP contribution is 2.72. The van der Waals surface area contributed by atoms with E-state index in [0.717, 1.165) is 6.54 Å². The predicted octanol–water partition coefficient (Wildman–Crippen LogP) is 2.75. The minimum Gasteiger partial charge on any atom is -0.309 e. The van der Waals surface area contributed by atoms with E-state index >= 15 is 0 Å². The molecule has 1 saturated carbocycles. The third kappa shape index (κ3) is 1.71. The number of rotatable bonds is 4. The van der Waals surface area contributed by atoms with Crippen LogP contribution in [-0.2, 0) is 7.05 Å². The van der Waals surface area contributed by atoms with E-state index in [0.29, 0.717) is 22.8 Å². The van der Waals surface area contributed by atoms with Crippen LogP contribution >= 0.6 is 0 Å². The summed E-state index contributed by atoms with van der Waals surface area (Å²) in [7, 11) is 2.03. The number of hydrogen-bond acceptors (Lipinski definition) is 2. The minimum absolute atomic E-state index is 0.393. The lowest BCUT2D eigenvalue weighted by Crippen LogP contribution is -2.27. The number of aryl methyl sites for hydroxylation is 1. The van der Waals surface area contributed by atoms with Crippen LogP contribution in [0.1, 0.15) is 46.4 Å². The van der Waals surface area contributed by atoms with Crippen molar-refractivity contribution in [1.82, 2.24) is 15.1 Å². The van der Waals surface area contributed by atoms with E-state index in [4.69, 9.17) is 0 Å². The predicted molar refractivity (Wildman–Crippen MR) is 70.7 cm³/mol. The molecule has 2 rings (SSSR count). The highest BCUT2D eigenvalue weighted by atomic mass is 15.3. The zero-order valence-electron chi connectivity index (χ0n) is 11.9. The fourth-order valence-corrected chi connectivity index (χ4v) is 3.38. The Kier molecular flexibility index (Phi) is 2.85. The summed E-state index contributed by atoms with van der Waals surface area (Å²) in [6, 6.07) is 2.55. The maximum Gasteiger partial charge on any atom is 0.0553 e. The summed E-state index contributed by atoms with van der Waals surface area (Å²) < 4.78 is 2.00. The van der Waals surface area contributed by atoms with Gasteiger partial charge in [0, 0.05) is 13.2 Å². The molecule has 0 aromatic carbocycles. The average molecular weight is 235 g/mol. The first kappa shape index (κ1) is 12.6. The molecule has 1 fully saturated rings. The van der Waals surface area contributed by atoms with Gasteiger partial charge in [-0.1, -0.05) is 34.6 Å². The van der Waals surface area contributed by atoms with Crippen molar-refractivity contribution >= 4 is 0 Å². The topological polar surface area (TPSA) is 29.9 Å². The summed E-state index contributed by atoms with van der Waals surface area (Å²) >= 11 is 0. The van der Waals surface area contributed by atoms with Crippen LogP contribution in [0, 0.1) is 16.7 Å². The summed E-state index contributed by atoms with van der Waals surface area (Å²) in [5, 5.41) is 7.94. The second-order valence-electron chi connectivity index (χ2n) is 6.34. The number of hydrogen-bond donors (Lipinski definition) is 1. The van der Waals surface area contributed by atoms with E-state index in [-0.39, 0.29) is 0 Å². The minimum atomic E-state index is 0.393. The van der Waals surface area contributed by atoms with Crippen LogP contribution in [-0.4, -0.2) is 16.3 Å². The molecular formula is C14H25N3. The molecule has 17 heavy (non-hydrogen) atoms. The maximum atomic E-state index is 4.30. The molecule has 0 bridgehead atoms. The maximum absolute atomic E-state index is 4.30. The Hall–Kier alpha value is -0.830. The normalized spacial score (nSPS) is 23.6. The molecule has 3 nitrogen and oxygen atoms in total. The third-order valence-electron chi connectivity index (χ3n) is 5.07. The van der Waals surface area contributed by atoms with Crippen LogP contribution in [0.3, 0.4) is 0 Å². The molecule has 1 aliphatic rings. The molecule has 96 valence electrons. The van der Waals surface area contributed by atoms with E-state index < -0.39 is 0 Å². The lowest BCUT2D eigenvalue weighted by Gasteiger charge is -2.20. The fourth-order valence-electron chi connectivity index (χ4n) is 3.38. The third-order valence-corrected chi connectivity index (χ3v) is 5.07. The summed E-state index contributed by atoms with van der Waals surface area (Å²) in [6.45, 7) is 12.7. The Balaban J connectivity index is 2.30. The fraction of sp³-hybridized carbons (Fsp3) is 0.786. The van der Waals surface area contributed by atoms with Crippen LogP contribution in [0.2, 0.25) is 0 Å². The molecule has 0 saturated heterocycles. The molecule has 0 amide bonds. The second-order valence-corrected chi connectivity index (χ2v) is 6.34. The largest absolute Gasteiger partial charge is 0.309 e. The first-order valence-electron chi connectivity index (χ1n) is 6.55. The summed E-state index contributed by atoms with van der Waals surface area (Å²) in [5.74, 6) is 0.672. The number of nitrogens with zero attached hydrogens (tertiary/aromatic N) is 2. The summed E-state index contributed by atoms with van der Waals surface area (Å²) in [4.78, 5) is 0. The Morgan fingerprint density at radius 1 is 1.35 bits per heavy atom. The van der Waals surface area contributed by atoms with Crippen LogP contribution < -0.4 is 5.32 Å². The molecule has 1 aromatic rings. The first-order chi connectivity index (χ1) is 7.84. The molecule has 0 spiro atoms. The lowest BCUT2D eigenvalue weighted by atomic mass is 10.0. The van der Waals surface area contributed by atoms with Gasteiger partial charge in [0.25, 0.3) is 0 Å². The van der Waals surface area contributed by atoms with Gasteiger partial charge in [-0.2, -0.15) is 5.10 Å². The van der Waals surface area contributed by atoms with E-state index in [2.05, 4.69) is 51.1 Å². The Morgan fingerprint density at radius 3 is 2.29 bits per heavy atom. The van der Waals surface area contributed by atoms with Crippen molar-refractivity contribution in [3.8, 4) is 0 Å². The van der Waals surface area contributed by atoms with Crippen molar-refractivity contribution in [2.24, 2.45) is 23.8 Å². The molecule has 1 atom stereocenters. The standard InChI is InChI=1S/C14H25N3/c1-7-15-11(10-8-9-16-17(10)6)12-13(2,3)14(12,4)5/h8-9,11-12,15H,7H2,1-6H3. The van der Waals surface area contributed by atoms with Crippen molar-refractivity contribution < 1.29 is 0 Å². The zero-order valence-corrected chi connectivity index (χ0v) is 11.9. The molecule has 1 N–H and O–H groups in total. The van der Waals surface area contributed by atoms with Gasteiger partial charge in [-0.05, 0) is 29.4 Å². The summed E-state index contributed by atoms with van der Waals surface area (Å²) in [5.41, 5.74) is 2.09. The quantitative estimate of drug-likeness (QED) is 0.869. The molecular weight excluding hydrogens is 210 g/mol. The van der Waals surface area contributed by atoms with Gasteiger partial charge in [0.15, 0.2) is 0 Å². The smallest absolute Gasteiger partial charge is 0.0553 e. The number of nitrogens with one attached hydrogen (secondary N) is 1. The van der Waals surface area contributed by atoms with Crippen LogP contribution in [0.15, 0.2) is 12.3 Å². The number of aromatic nitrogens is 2. The van der Waals surface area contributed by atoms with Gasteiger partial charge < -0.3 is 5.32 Å². The van der Waals surface area contributed by atoms with Crippen molar-refractivity contribution in [2.75, 3.05) is 6.54 Å². The molecule has 1 unspecified atom stereocenters. The highest BCUT2D eigenvalue weighted by molar-refractivity contribution is 5.22. The van der Waals surface area contributed by atoms with Crippen LogP contribution in [0.25, 0.3) is 0 Å². The van der Waals surface area contributed by atoms with Gasteiger partial charge >= 0.3 is 0 Å². The second kappa shape index (κ2) is 3.84. The molecule has 1 aromatic heterocycles. The van der Waals surface area contributed by atoms with Gasteiger partial charge in [0.05, 0.1) is 11.7 Å². The van der Waals surface area contributed by atoms with Crippen LogP contribution in [0.5, 0.6) is 0 Å². The van der Waals surface area contributed by atoms with E-state index in [1.165, 1.54) is 5.69 Å². The van der Waals surface area contributed by atoms with E-state index in [9.17, 15) is 0 Å². The van der Waals surface area contributed by atoms with Crippen molar-refractivity contribution in [3.05, 3.63) is 18.0 Å². The summed E-state index contributed by atoms with van der Waals surface area (Å²) in [6.07, 6.45) is 1.89. The van der Waals surface area contributed by atoms with Gasteiger partial charge in [-0.25, -0.2) is 0 Å². The van der Waals surface area contributed by atoms with Crippen molar-refractivity contribution in [2.45, 2.75) is 40.7 Å². The molecule has 1 aliphatic carbocycles. The Labute approximate surface area is 105 Å². The lowest BCUT2D eigenvalue weighted by molar-refractivity contribution is 0.396. The highest BCUT2D eigenvalue weighted by Gasteiger charge is 2.67. The van der Waals surface area contributed by atoms with Gasteiger partial charge in [-0.15, -0.1) is 0 Å². The average Bonchev–Trinajstić information content (AvgIpc) is 2.56. The SMILES string of the molecule is CCNC(c1ccnn1C)C1C(C)(C)C1(C)C. The molecule has 0 radical (unpaired) electrons. The molecule has 3 heteroatoms. The monoisotopic (exact) mass is 235 g/mol. The Bertz CT molecular complexity index is 389.